The second-order valence-electron chi connectivity index (χ2n) is 5.03. The van der Waals surface area contributed by atoms with Gasteiger partial charge in [0, 0.05) is 4.57 Å². The first-order valence-corrected chi connectivity index (χ1v) is 9.90. The molecule has 0 saturated heterocycles. The lowest BCUT2D eigenvalue weighted by Gasteiger charge is -2.19. The number of nitrogens with one attached hydrogen (secondary N) is 1. The quantitative estimate of drug-likeness (QED) is 0.199. The molecular weight excluding hydrogens is 408 g/mol. The standard InChI is InChI=1S/C11H16N5O6P.HO3P/c1-6(3-22-5-23(19,20)21)7(2-17)16-4-13-8-9(16)14-11(12)15-10(8)18;1-4(2)3/h4,7,17H,1-3,5H2,(H2,19,20,21)(H3,12,14,15,18);(H-,1,2,3)/p+1. The lowest BCUT2D eigenvalue weighted by Crippen LogP contribution is -2.19. The summed E-state index contributed by atoms with van der Waals surface area (Å²) in [5, 5.41) is 9.56. The molecule has 0 aliphatic heterocycles. The van der Waals surface area contributed by atoms with Crippen LogP contribution in [-0.2, 0) is 13.9 Å². The number of nitrogen functional groups attached to an aromatic ring is 1. The number of rotatable bonds is 7. The lowest BCUT2D eigenvalue weighted by molar-refractivity contribution is 0.163. The summed E-state index contributed by atoms with van der Waals surface area (Å²) in [4.78, 5) is 53.6. The molecule has 14 nitrogen and oxygen atoms in total. The lowest BCUT2D eigenvalue weighted by atomic mass is 10.1. The molecule has 0 aliphatic carbocycles. The topological polar surface area (TPSA) is 234 Å². The van der Waals surface area contributed by atoms with Gasteiger partial charge in [0.2, 0.25) is 5.95 Å². The number of H-pyrrole nitrogens is 1. The van der Waals surface area contributed by atoms with E-state index in [-0.39, 0.29) is 23.7 Å². The molecule has 0 aliphatic rings. The third kappa shape index (κ3) is 7.25. The third-order valence-electron chi connectivity index (χ3n) is 2.98. The van der Waals surface area contributed by atoms with Gasteiger partial charge in [-0.25, -0.2) is 4.98 Å². The van der Waals surface area contributed by atoms with E-state index in [2.05, 4.69) is 21.5 Å². The Labute approximate surface area is 152 Å². The Hall–Kier alpha value is -2.02. The van der Waals surface area contributed by atoms with Gasteiger partial charge in [-0.3, -0.25) is 14.3 Å². The van der Waals surface area contributed by atoms with Gasteiger partial charge in [0.15, 0.2) is 11.2 Å². The number of aromatic nitrogens is 4. The van der Waals surface area contributed by atoms with Gasteiger partial charge in [-0.1, -0.05) is 6.58 Å². The molecule has 2 aromatic heterocycles. The number of aliphatic hydroxyl groups excluding tert-OH is 1. The van der Waals surface area contributed by atoms with E-state index in [4.69, 9.17) is 34.6 Å². The number of nitrogens with zero attached hydrogens (tertiary/aromatic N) is 3. The second-order valence-corrected chi connectivity index (χ2v) is 7.12. The van der Waals surface area contributed by atoms with Crippen molar-refractivity contribution in [1.29, 1.82) is 0 Å². The molecule has 0 amide bonds. The van der Waals surface area contributed by atoms with Crippen LogP contribution < -0.4 is 11.3 Å². The maximum atomic E-state index is 11.7. The van der Waals surface area contributed by atoms with E-state index < -0.39 is 40.4 Å². The number of hydrogen-bond acceptors (Lipinski definition) is 8. The maximum Gasteiger partial charge on any atom is 0.692 e. The van der Waals surface area contributed by atoms with Crippen LogP contribution in [0.15, 0.2) is 23.3 Å². The molecule has 0 bridgehead atoms. The van der Waals surface area contributed by atoms with E-state index >= 15 is 0 Å². The molecule has 27 heavy (non-hydrogen) atoms. The van der Waals surface area contributed by atoms with Crippen molar-refractivity contribution in [1.82, 2.24) is 19.5 Å². The number of nitrogens with two attached hydrogens (primary N) is 1. The Morgan fingerprint density at radius 3 is 2.59 bits per heavy atom. The fourth-order valence-corrected chi connectivity index (χ4v) is 2.31. The highest BCUT2D eigenvalue weighted by Gasteiger charge is 2.20. The van der Waals surface area contributed by atoms with Gasteiger partial charge in [-0.2, -0.15) is 4.98 Å². The molecule has 2 heterocycles. The number of hydrogen-bond donors (Lipinski definition) is 7. The SMILES string of the molecule is C=C(COCP(=O)(O)O)C(CO)n1cnc2c(=O)[nH]c(N)nc21.O=[P+](O)O. The minimum absolute atomic E-state index is 0.0431. The summed E-state index contributed by atoms with van der Waals surface area (Å²) in [5.41, 5.74) is 5.49. The van der Waals surface area contributed by atoms with Gasteiger partial charge in [0.05, 0.1) is 25.6 Å². The number of anilines is 1. The average molecular weight is 426 g/mol. The minimum Gasteiger partial charge on any atom is -0.394 e. The van der Waals surface area contributed by atoms with Crippen LogP contribution in [0.25, 0.3) is 11.2 Å². The fourth-order valence-electron chi connectivity index (χ4n) is 1.98. The first kappa shape index (κ1) is 23.0. The summed E-state index contributed by atoms with van der Waals surface area (Å²) in [6, 6.07) is -0.745. The largest absolute Gasteiger partial charge is 0.692 e. The summed E-state index contributed by atoms with van der Waals surface area (Å²) < 4.78 is 25.7. The Balaban J connectivity index is 0.000000828. The number of ether oxygens (including phenoxy) is 1. The van der Waals surface area contributed by atoms with Gasteiger partial charge >= 0.3 is 15.9 Å². The van der Waals surface area contributed by atoms with Gasteiger partial charge in [-0.05, 0) is 5.57 Å². The molecular formula is C11H18N5O9P2+. The highest BCUT2D eigenvalue weighted by Crippen LogP contribution is 2.34. The minimum atomic E-state index is -4.29. The maximum absolute atomic E-state index is 11.7. The van der Waals surface area contributed by atoms with Crippen molar-refractivity contribution < 1.29 is 38.5 Å². The second kappa shape index (κ2) is 9.78. The summed E-state index contributed by atoms with van der Waals surface area (Å²) in [7, 11) is -7.16. The van der Waals surface area contributed by atoms with Crippen LogP contribution in [0.2, 0.25) is 0 Å². The predicted octanol–water partition coefficient (Wildman–Crippen LogP) is -1.43. The van der Waals surface area contributed by atoms with E-state index in [1.165, 1.54) is 10.9 Å². The molecule has 1 atom stereocenters. The zero-order chi connectivity index (χ0) is 20.8. The molecule has 2 aromatic rings. The van der Waals surface area contributed by atoms with Crippen molar-refractivity contribution in [3.05, 3.63) is 28.8 Å². The molecule has 0 radical (unpaired) electrons. The van der Waals surface area contributed by atoms with Crippen LogP contribution in [0.3, 0.4) is 0 Å². The molecule has 0 saturated carbocycles. The number of aliphatic hydroxyl groups is 1. The van der Waals surface area contributed by atoms with Crippen molar-refractivity contribution in [2.75, 3.05) is 25.3 Å². The van der Waals surface area contributed by atoms with Gasteiger partial charge < -0.3 is 29.9 Å². The van der Waals surface area contributed by atoms with E-state index in [0.29, 0.717) is 5.57 Å². The van der Waals surface area contributed by atoms with Gasteiger partial charge in [0.1, 0.15) is 6.35 Å². The molecule has 2 rings (SSSR count). The first-order valence-electron chi connectivity index (χ1n) is 6.94. The monoisotopic (exact) mass is 426 g/mol. The predicted molar refractivity (Wildman–Crippen MR) is 92.7 cm³/mol. The highest BCUT2D eigenvalue weighted by atomic mass is 31.2. The first-order chi connectivity index (χ1) is 12.5. The van der Waals surface area contributed by atoms with Crippen molar-refractivity contribution in [2.45, 2.75) is 6.04 Å². The molecule has 150 valence electrons. The number of imidazole rings is 1. The molecule has 8 N–H and O–H groups in total. The van der Waals surface area contributed by atoms with Gasteiger partial charge in [0.25, 0.3) is 5.56 Å². The van der Waals surface area contributed by atoms with E-state index in [0.717, 1.165) is 0 Å². The van der Waals surface area contributed by atoms with Crippen LogP contribution in [0, 0.1) is 0 Å². The average Bonchev–Trinajstić information content (AvgIpc) is 2.90. The van der Waals surface area contributed by atoms with E-state index in [9.17, 15) is 14.5 Å². The molecule has 16 heteroatoms. The van der Waals surface area contributed by atoms with Crippen LogP contribution in [0.1, 0.15) is 6.04 Å². The zero-order valence-corrected chi connectivity index (χ0v) is 15.5. The van der Waals surface area contributed by atoms with Crippen molar-refractivity contribution in [3.8, 4) is 0 Å². The van der Waals surface area contributed by atoms with Crippen LogP contribution in [0.4, 0.5) is 5.95 Å². The third-order valence-corrected chi connectivity index (χ3v) is 3.50. The van der Waals surface area contributed by atoms with Crippen molar-refractivity contribution in [3.63, 3.8) is 0 Å². The Bertz CT molecular complexity index is 917. The summed E-state index contributed by atoms with van der Waals surface area (Å²) in [6.45, 7) is 3.12. The van der Waals surface area contributed by atoms with Crippen molar-refractivity contribution in [2.24, 2.45) is 0 Å². The normalized spacial score (nSPS) is 12.3. The fraction of sp³-hybridized carbons (Fsp3) is 0.364. The Morgan fingerprint density at radius 1 is 1.48 bits per heavy atom. The number of aromatic amines is 1. The molecule has 0 aromatic carbocycles. The highest BCUT2D eigenvalue weighted by molar-refractivity contribution is 7.51. The zero-order valence-electron chi connectivity index (χ0n) is 13.7. The van der Waals surface area contributed by atoms with Crippen LogP contribution in [-0.4, -0.2) is 63.8 Å². The summed E-state index contributed by atoms with van der Waals surface area (Å²) in [6.07, 6.45) is 0.529. The smallest absolute Gasteiger partial charge is 0.394 e. The molecule has 0 fully saturated rings. The number of fused-ring (bicyclic) bond motifs is 1. The Kier molecular flexibility index (Phi) is 8.34. The van der Waals surface area contributed by atoms with Crippen LogP contribution in [0.5, 0.6) is 0 Å². The van der Waals surface area contributed by atoms with Crippen LogP contribution >= 0.6 is 15.9 Å². The summed E-state index contributed by atoms with van der Waals surface area (Å²) in [5.74, 6) is -0.107. The van der Waals surface area contributed by atoms with Gasteiger partial charge in [-0.15, -0.1) is 9.79 Å². The Morgan fingerprint density at radius 2 is 2.07 bits per heavy atom. The summed E-state index contributed by atoms with van der Waals surface area (Å²) >= 11 is 0. The van der Waals surface area contributed by atoms with E-state index in [1.54, 1.807) is 0 Å². The molecule has 0 spiro atoms. The van der Waals surface area contributed by atoms with Crippen molar-refractivity contribution >= 4 is 33.0 Å². The molecule has 1 unspecified atom stereocenters. The van der Waals surface area contributed by atoms with E-state index in [1.807, 2.05) is 0 Å².